The van der Waals surface area contributed by atoms with Gasteiger partial charge in [0.25, 0.3) is 5.91 Å². The summed E-state index contributed by atoms with van der Waals surface area (Å²) in [6, 6.07) is 12.2. The number of amides is 1. The molecule has 0 fully saturated rings. The maximum absolute atomic E-state index is 12.0. The molecular formula is C17H13ClN2O3S. The van der Waals surface area contributed by atoms with Crippen molar-refractivity contribution >= 4 is 45.7 Å². The number of esters is 1. The highest BCUT2D eigenvalue weighted by Crippen LogP contribution is 2.17. The quantitative estimate of drug-likeness (QED) is 0.559. The Morgan fingerprint density at radius 3 is 2.88 bits per heavy atom. The number of halogens is 1. The van der Waals surface area contributed by atoms with Gasteiger partial charge in [0.2, 0.25) is 0 Å². The van der Waals surface area contributed by atoms with Crippen LogP contribution < -0.4 is 5.32 Å². The van der Waals surface area contributed by atoms with Crippen molar-refractivity contribution in [1.29, 1.82) is 0 Å². The summed E-state index contributed by atoms with van der Waals surface area (Å²) in [5.74, 6) is -0.899. The Balaban J connectivity index is 1.56. The fourth-order valence-corrected chi connectivity index (χ4v) is 2.89. The van der Waals surface area contributed by atoms with Gasteiger partial charge in [0.15, 0.2) is 6.61 Å². The van der Waals surface area contributed by atoms with Crippen LogP contribution in [0.25, 0.3) is 10.9 Å². The second-order valence-electron chi connectivity index (χ2n) is 4.97. The molecule has 2 aromatic heterocycles. The minimum Gasteiger partial charge on any atom is -0.452 e. The Kier molecular flexibility index (Phi) is 5.08. The first kappa shape index (κ1) is 16.4. The number of hydrogen-bond acceptors (Lipinski definition) is 5. The summed E-state index contributed by atoms with van der Waals surface area (Å²) in [7, 11) is 0. The highest BCUT2D eigenvalue weighted by atomic mass is 35.5. The molecule has 0 saturated carbocycles. The number of nitrogens with one attached hydrogen (secondary N) is 1. The molecule has 0 saturated heterocycles. The molecule has 0 bridgehead atoms. The van der Waals surface area contributed by atoms with Crippen LogP contribution in [0, 0.1) is 0 Å². The van der Waals surface area contributed by atoms with E-state index in [2.05, 4.69) is 10.3 Å². The van der Waals surface area contributed by atoms with Gasteiger partial charge in [-0.3, -0.25) is 4.79 Å². The number of hydrogen-bond donors (Lipinski definition) is 1. The van der Waals surface area contributed by atoms with Crippen LogP contribution in [0.15, 0.2) is 47.8 Å². The monoisotopic (exact) mass is 360 g/mol. The molecule has 3 rings (SSSR count). The number of benzene rings is 1. The second kappa shape index (κ2) is 7.42. The molecule has 0 aliphatic heterocycles. The normalized spacial score (nSPS) is 10.5. The predicted octanol–water partition coefficient (Wildman–Crippen LogP) is 3.42. The zero-order valence-corrected chi connectivity index (χ0v) is 14.1. The van der Waals surface area contributed by atoms with Crippen LogP contribution >= 0.6 is 22.9 Å². The number of carbonyl (C=O) groups excluding carboxylic acids is 2. The Hall–Kier alpha value is -2.44. The van der Waals surface area contributed by atoms with E-state index in [-0.39, 0.29) is 12.5 Å². The Morgan fingerprint density at radius 1 is 1.21 bits per heavy atom. The molecule has 0 radical (unpaired) electrons. The zero-order chi connectivity index (χ0) is 16.9. The van der Waals surface area contributed by atoms with E-state index in [1.807, 2.05) is 17.5 Å². The number of thiophene rings is 1. The average molecular weight is 361 g/mol. The Morgan fingerprint density at radius 2 is 2.08 bits per heavy atom. The van der Waals surface area contributed by atoms with Gasteiger partial charge >= 0.3 is 5.97 Å². The van der Waals surface area contributed by atoms with Crippen molar-refractivity contribution < 1.29 is 14.3 Å². The van der Waals surface area contributed by atoms with E-state index in [0.29, 0.717) is 22.8 Å². The number of ether oxygens (including phenoxy) is 1. The molecule has 3 aromatic rings. The molecule has 24 heavy (non-hydrogen) atoms. The van der Waals surface area contributed by atoms with Gasteiger partial charge in [-0.05, 0) is 41.8 Å². The molecular weight excluding hydrogens is 348 g/mol. The highest BCUT2D eigenvalue weighted by Gasteiger charge is 2.11. The van der Waals surface area contributed by atoms with Gasteiger partial charge in [-0.1, -0.05) is 17.7 Å². The Bertz CT molecular complexity index is 881. The van der Waals surface area contributed by atoms with Crippen LogP contribution in [0.5, 0.6) is 0 Å². The highest BCUT2D eigenvalue weighted by molar-refractivity contribution is 7.09. The minimum atomic E-state index is -0.557. The van der Waals surface area contributed by atoms with Crippen LogP contribution in [-0.2, 0) is 16.1 Å². The smallest absolute Gasteiger partial charge is 0.338 e. The van der Waals surface area contributed by atoms with Crippen molar-refractivity contribution in [2.24, 2.45) is 0 Å². The van der Waals surface area contributed by atoms with Gasteiger partial charge in [-0.2, -0.15) is 0 Å². The van der Waals surface area contributed by atoms with Crippen molar-refractivity contribution in [1.82, 2.24) is 10.3 Å². The van der Waals surface area contributed by atoms with Gasteiger partial charge in [0, 0.05) is 10.3 Å². The van der Waals surface area contributed by atoms with Crippen LogP contribution in [-0.4, -0.2) is 23.5 Å². The summed E-state index contributed by atoms with van der Waals surface area (Å²) in [5.41, 5.74) is 1.05. The van der Waals surface area contributed by atoms with Gasteiger partial charge in [0.1, 0.15) is 5.15 Å². The lowest BCUT2D eigenvalue weighted by Crippen LogP contribution is -2.28. The summed E-state index contributed by atoms with van der Waals surface area (Å²) in [6.07, 6.45) is 0. The molecule has 0 spiro atoms. The van der Waals surface area contributed by atoms with Gasteiger partial charge in [-0.15, -0.1) is 11.3 Å². The molecule has 0 aliphatic rings. The number of fused-ring (bicyclic) bond motifs is 1. The largest absolute Gasteiger partial charge is 0.452 e. The number of carbonyl (C=O) groups is 2. The first-order valence-electron chi connectivity index (χ1n) is 7.14. The summed E-state index contributed by atoms with van der Waals surface area (Å²) in [5, 5.41) is 5.79. The third-order valence-electron chi connectivity index (χ3n) is 3.27. The maximum Gasteiger partial charge on any atom is 0.338 e. The van der Waals surface area contributed by atoms with Crippen LogP contribution in [0.4, 0.5) is 0 Å². The number of pyridine rings is 1. The van der Waals surface area contributed by atoms with Crippen molar-refractivity contribution in [3.63, 3.8) is 0 Å². The summed E-state index contributed by atoms with van der Waals surface area (Å²) in [6.45, 7) is 0.109. The average Bonchev–Trinajstić information content (AvgIpc) is 3.11. The van der Waals surface area contributed by atoms with Crippen molar-refractivity contribution in [3.05, 3.63) is 63.4 Å². The first-order chi connectivity index (χ1) is 11.6. The van der Waals surface area contributed by atoms with Crippen LogP contribution in [0.3, 0.4) is 0 Å². The molecule has 0 unspecified atom stereocenters. The molecule has 1 N–H and O–H groups in total. The minimum absolute atomic E-state index is 0.318. The van der Waals surface area contributed by atoms with E-state index in [1.54, 1.807) is 41.7 Å². The van der Waals surface area contributed by atoms with Crippen molar-refractivity contribution in [3.8, 4) is 0 Å². The van der Waals surface area contributed by atoms with E-state index in [0.717, 1.165) is 10.3 Å². The molecule has 0 aliphatic carbocycles. The maximum atomic E-state index is 12.0. The molecule has 7 heteroatoms. The predicted molar refractivity (Wildman–Crippen MR) is 93.2 cm³/mol. The lowest BCUT2D eigenvalue weighted by atomic mass is 10.1. The van der Waals surface area contributed by atoms with E-state index in [1.165, 1.54) is 0 Å². The standard InChI is InChI=1S/C17H13ClN2O3S/c18-15-6-4-11-8-12(3-5-14(11)20-15)17(22)23-10-16(21)19-9-13-2-1-7-24-13/h1-8H,9-10H2,(H,19,21). The van der Waals surface area contributed by atoms with Gasteiger partial charge in [0.05, 0.1) is 17.6 Å². The first-order valence-corrected chi connectivity index (χ1v) is 8.40. The molecule has 5 nitrogen and oxygen atoms in total. The lowest BCUT2D eigenvalue weighted by Gasteiger charge is -2.06. The zero-order valence-electron chi connectivity index (χ0n) is 12.5. The third kappa shape index (κ3) is 4.10. The SMILES string of the molecule is O=C(COC(=O)c1ccc2nc(Cl)ccc2c1)NCc1cccs1. The fraction of sp³-hybridized carbons (Fsp3) is 0.118. The number of nitrogens with zero attached hydrogens (tertiary/aromatic N) is 1. The van der Waals surface area contributed by atoms with E-state index in [9.17, 15) is 9.59 Å². The van der Waals surface area contributed by atoms with Crippen molar-refractivity contribution in [2.45, 2.75) is 6.54 Å². The molecule has 1 amide bonds. The van der Waals surface area contributed by atoms with E-state index >= 15 is 0 Å². The third-order valence-corrected chi connectivity index (χ3v) is 4.35. The second-order valence-corrected chi connectivity index (χ2v) is 6.39. The van der Waals surface area contributed by atoms with E-state index < -0.39 is 5.97 Å². The number of aromatic nitrogens is 1. The Labute approximate surface area is 147 Å². The molecule has 1 aromatic carbocycles. The fourth-order valence-electron chi connectivity index (χ4n) is 2.09. The molecule has 122 valence electrons. The summed E-state index contributed by atoms with van der Waals surface area (Å²) < 4.78 is 5.04. The topological polar surface area (TPSA) is 68.3 Å². The number of rotatable bonds is 5. The van der Waals surface area contributed by atoms with Gasteiger partial charge < -0.3 is 10.1 Å². The van der Waals surface area contributed by atoms with Crippen molar-refractivity contribution in [2.75, 3.05) is 6.61 Å². The molecule has 0 atom stereocenters. The van der Waals surface area contributed by atoms with Gasteiger partial charge in [-0.25, -0.2) is 9.78 Å². The molecule has 2 heterocycles. The van der Waals surface area contributed by atoms with E-state index in [4.69, 9.17) is 16.3 Å². The summed E-state index contributed by atoms with van der Waals surface area (Å²) in [4.78, 5) is 28.9. The lowest BCUT2D eigenvalue weighted by molar-refractivity contribution is -0.124. The van der Waals surface area contributed by atoms with Crippen LogP contribution in [0.2, 0.25) is 5.15 Å². The van der Waals surface area contributed by atoms with Crippen LogP contribution in [0.1, 0.15) is 15.2 Å². The summed E-state index contributed by atoms with van der Waals surface area (Å²) >= 11 is 7.38.